The highest BCUT2D eigenvalue weighted by Gasteiger charge is 2.23. The van der Waals surface area contributed by atoms with Crippen LogP contribution in [-0.2, 0) is 22.8 Å². The van der Waals surface area contributed by atoms with Gasteiger partial charge in [-0.1, -0.05) is 17.7 Å². The molecule has 36 heavy (non-hydrogen) atoms. The van der Waals surface area contributed by atoms with Gasteiger partial charge in [-0.2, -0.15) is 10.4 Å². The van der Waals surface area contributed by atoms with Crippen molar-refractivity contribution in [1.82, 2.24) is 34.7 Å². The minimum absolute atomic E-state index is 0.208. The van der Waals surface area contributed by atoms with Gasteiger partial charge in [-0.3, -0.25) is 14.4 Å². The van der Waals surface area contributed by atoms with Gasteiger partial charge in [-0.15, -0.1) is 0 Å². The Bertz CT molecular complexity index is 1750. The van der Waals surface area contributed by atoms with Crippen LogP contribution in [0.1, 0.15) is 11.3 Å². The predicted molar refractivity (Wildman–Crippen MR) is 133 cm³/mol. The lowest BCUT2D eigenvalue weighted by Crippen LogP contribution is -2.18. The number of pyridine rings is 1. The van der Waals surface area contributed by atoms with E-state index in [9.17, 15) is 13.7 Å². The first-order valence-corrected chi connectivity index (χ1v) is 12.5. The third-order valence-corrected chi connectivity index (χ3v) is 6.62. The fourth-order valence-electron chi connectivity index (χ4n) is 3.60. The minimum atomic E-state index is -3.97. The van der Waals surface area contributed by atoms with E-state index in [0.29, 0.717) is 33.1 Å². The Morgan fingerprint density at radius 1 is 1.14 bits per heavy atom. The molecule has 0 unspecified atom stereocenters. The number of aromatic nitrogens is 7. The molecule has 4 heterocycles. The summed E-state index contributed by atoms with van der Waals surface area (Å²) in [5.41, 5.74) is 2.37. The largest absolute Gasteiger partial charge is 0.275 e. The van der Waals surface area contributed by atoms with E-state index < -0.39 is 15.8 Å². The number of sulfonamides is 1. The predicted octanol–water partition coefficient (Wildman–Crippen LogP) is 3.35. The lowest BCUT2D eigenvalue weighted by molar-refractivity contribution is 0.600. The Kier molecular flexibility index (Phi) is 6.01. The number of benzene rings is 1. The van der Waals surface area contributed by atoms with E-state index in [4.69, 9.17) is 11.6 Å². The maximum absolute atomic E-state index is 12.8. The second-order valence-electron chi connectivity index (χ2n) is 7.75. The van der Waals surface area contributed by atoms with Crippen LogP contribution in [0.15, 0.2) is 61.4 Å². The van der Waals surface area contributed by atoms with Crippen molar-refractivity contribution in [1.29, 1.82) is 5.26 Å². The molecule has 13 heteroatoms. The number of fused-ring (bicyclic) bond motifs is 1. The third-order valence-electron chi connectivity index (χ3n) is 5.11. The number of anilines is 1. The van der Waals surface area contributed by atoms with E-state index in [2.05, 4.69) is 34.7 Å². The zero-order valence-electron chi connectivity index (χ0n) is 18.7. The van der Waals surface area contributed by atoms with Gasteiger partial charge in [-0.25, -0.2) is 28.4 Å². The summed E-state index contributed by atoms with van der Waals surface area (Å²) in [4.78, 5) is 20.9. The molecular formula is C23H16ClN9O2S. The molecule has 1 aromatic carbocycles. The van der Waals surface area contributed by atoms with Crippen molar-refractivity contribution in [3.8, 4) is 28.7 Å². The van der Waals surface area contributed by atoms with Gasteiger partial charge in [0.2, 0.25) is 10.0 Å². The fraction of sp³-hybridized carbons (Fsp3) is 0.0870. The van der Waals surface area contributed by atoms with Gasteiger partial charge in [0.1, 0.15) is 29.5 Å². The number of nitriles is 1. The number of hydrogen-bond acceptors (Lipinski definition) is 9. The van der Waals surface area contributed by atoms with E-state index >= 15 is 0 Å². The summed E-state index contributed by atoms with van der Waals surface area (Å²) >= 11 is 6.49. The summed E-state index contributed by atoms with van der Waals surface area (Å²) < 4.78 is 29.6. The summed E-state index contributed by atoms with van der Waals surface area (Å²) in [7, 11) is -2.23. The minimum Gasteiger partial charge on any atom is -0.275 e. The summed E-state index contributed by atoms with van der Waals surface area (Å²) in [6.45, 7) is 0. The van der Waals surface area contributed by atoms with Crippen LogP contribution in [0.5, 0.6) is 0 Å². The van der Waals surface area contributed by atoms with Gasteiger partial charge >= 0.3 is 0 Å². The van der Waals surface area contributed by atoms with Crippen LogP contribution in [-0.4, -0.2) is 43.1 Å². The summed E-state index contributed by atoms with van der Waals surface area (Å²) in [6, 6.07) is 10.8. The number of nitrogens with one attached hydrogen (secondary N) is 1. The zero-order chi connectivity index (χ0) is 25.3. The molecule has 0 saturated heterocycles. The first kappa shape index (κ1) is 23.3. The SMILES string of the molecule is Cn1ccc(-c2nc(NS(=O)(=O)Cc3cncnc3)c(C#N)nc2-c2cc(Cl)c3ncccc3c2)n1. The molecule has 5 rings (SSSR count). The summed E-state index contributed by atoms with van der Waals surface area (Å²) in [6.07, 6.45) is 7.45. The second-order valence-corrected chi connectivity index (χ2v) is 9.88. The number of rotatable bonds is 6. The van der Waals surface area contributed by atoms with Crippen molar-refractivity contribution in [3.63, 3.8) is 0 Å². The Morgan fingerprint density at radius 3 is 2.67 bits per heavy atom. The van der Waals surface area contributed by atoms with Gasteiger partial charge in [0.05, 0.1) is 16.3 Å². The Hall–Kier alpha value is -4.47. The van der Waals surface area contributed by atoms with Crippen LogP contribution in [0, 0.1) is 11.3 Å². The summed E-state index contributed by atoms with van der Waals surface area (Å²) in [5, 5.41) is 15.4. The van der Waals surface area contributed by atoms with Crippen molar-refractivity contribution in [2.75, 3.05) is 4.72 Å². The van der Waals surface area contributed by atoms with Gasteiger partial charge in [0.25, 0.3) is 0 Å². The Morgan fingerprint density at radius 2 is 1.94 bits per heavy atom. The molecular weight excluding hydrogens is 502 g/mol. The maximum Gasteiger partial charge on any atom is 0.238 e. The molecule has 0 fully saturated rings. The van der Waals surface area contributed by atoms with Crippen molar-refractivity contribution in [2.24, 2.45) is 7.05 Å². The Balaban J connectivity index is 1.66. The molecule has 1 N–H and O–H groups in total. The van der Waals surface area contributed by atoms with E-state index in [1.165, 1.54) is 18.7 Å². The molecule has 0 spiro atoms. The smallest absolute Gasteiger partial charge is 0.238 e. The van der Waals surface area contributed by atoms with Crippen molar-refractivity contribution >= 4 is 38.3 Å². The third kappa shape index (κ3) is 4.70. The van der Waals surface area contributed by atoms with Crippen molar-refractivity contribution in [2.45, 2.75) is 5.75 Å². The fourth-order valence-corrected chi connectivity index (χ4v) is 4.97. The van der Waals surface area contributed by atoms with E-state index in [0.717, 1.165) is 5.39 Å². The summed E-state index contributed by atoms with van der Waals surface area (Å²) in [5.74, 6) is -0.624. The van der Waals surface area contributed by atoms with Crippen molar-refractivity contribution in [3.05, 3.63) is 77.7 Å². The average Bonchev–Trinajstić information content (AvgIpc) is 3.30. The number of nitrogens with zero attached hydrogens (tertiary/aromatic N) is 8. The van der Waals surface area contributed by atoms with Gasteiger partial charge in [0, 0.05) is 48.3 Å². The maximum atomic E-state index is 12.8. The first-order valence-electron chi connectivity index (χ1n) is 10.4. The molecule has 4 aromatic heterocycles. The van der Waals surface area contributed by atoms with Crippen LogP contribution in [0.3, 0.4) is 0 Å². The molecule has 0 saturated carbocycles. The topological polar surface area (TPSA) is 152 Å². The first-order chi connectivity index (χ1) is 17.3. The van der Waals surface area contributed by atoms with E-state index in [1.54, 1.807) is 42.3 Å². The normalized spacial score (nSPS) is 11.4. The van der Waals surface area contributed by atoms with Crippen LogP contribution in [0.25, 0.3) is 33.5 Å². The van der Waals surface area contributed by atoms with Gasteiger partial charge in [0.15, 0.2) is 11.5 Å². The number of halogens is 1. The van der Waals surface area contributed by atoms with Crippen LogP contribution in [0.2, 0.25) is 5.02 Å². The van der Waals surface area contributed by atoms with Crippen LogP contribution in [0.4, 0.5) is 5.82 Å². The molecule has 0 atom stereocenters. The lowest BCUT2D eigenvalue weighted by Gasteiger charge is -2.13. The van der Waals surface area contributed by atoms with E-state index in [1.807, 2.05) is 18.2 Å². The molecule has 5 aromatic rings. The monoisotopic (exact) mass is 517 g/mol. The van der Waals surface area contributed by atoms with Crippen molar-refractivity contribution < 1.29 is 8.42 Å². The van der Waals surface area contributed by atoms with Gasteiger partial charge in [-0.05, 0) is 24.3 Å². The molecule has 178 valence electrons. The second kappa shape index (κ2) is 9.29. The van der Waals surface area contributed by atoms with Crippen LogP contribution < -0.4 is 4.72 Å². The molecule has 0 radical (unpaired) electrons. The number of aryl methyl sites for hydroxylation is 1. The molecule has 11 nitrogen and oxygen atoms in total. The number of hydrogen-bond donors (Lipinski definition) is 1. The lowest BCUT2D eigenvalue weighted by atomic mass is 10.0. The highest BCUT2D eigenvalue weighted by atomic mass is 35.5. The molecule has 0 aliphatic rings. The molecule has 0 amide bonds. The quantitative estimate of drug-likeness (QED) is 0.357. The zero-order valence-corrected chi connectivity index (χ0v) is 20.2. The Labute approximate surface area is 210 Å². The molecule has 0 aliphatic carbocycles. The van der Waals surface area contributed by atoms with Crippen LogP contribution >= 0.6 is 11.6 Å². The average molecular weight is 518 g/mol. The molecule has 0 aliphatic heterocycles. The highest BCUT2D eigenvalue weighted by molar-refractivity contribution is 7.91. The standard InChI is InChI=1S/C23H16ClN9O2S/c1-33-6-4-18(31-33)22-21(16-7-15-3-2-5-28-20(15)17(24)8-16)29-19(9-25)23(30-22)32-36(34,35)12-14-10-26-13-27-11-14/h2-8,10-11,13H,12H2,1H3,(H,30,32). The highest BCUT2D eigenvalue weighted by Crippen LogP contribution is 2.35. The molecule has 0 bridgehead atoms. The van der Waals surface area contributed by atoms with Gasteiger partial charge < -0.3 is 0 Å². The van der Waals surface area contributed by atoms with E-state index in [-0.39, 0.29) is 17.2 Å².